The van der Waals surface area contributed by atoms with Crippen molar-refractivity contribution in [2.45, 2.75) is 13.2 Å². The van der Waals surface area contributed by atoms with Gasteiger partial charge in [0, 0.05) is 39.3 Å². The molecule has 0 radical (unpaired) electrons. The van der Waals surface area contributed by atoms with E-state index < -0.39 is 25.0 Å². The molecule has 2 aromatic rings. The molecule has 1 aliphatic rings. The molecule has 2 amide bonds. The number of benzene rings is 2. The summed E-state index contributed by atoms with van der Waals surface area (Å²) in [5.41, 5.74) is 0.687. The Morgan fingerprint density at radius 3 is 1.71 bits per heavy atom. The summed E-state index contributed by atoms with van der Waals surface area (Å²) in [5.74, 6) is -1.13. The van der Waals surface area contributed by atoms with E-state index in [1.807, 2.05) is 17.0 Å². The fraction of sp³-hybridized carbons (Fsp3) is 0.286. The third kappa shape index (κ3) is 9.67. The number of piperazine rings is 1. The molecule has 2 aromatic carbocycles. The van der Waals surface area contributed by atoms with Crippen molar-refractivity contribution in [3.8, 4) is 23.6 Å². The van der Waals surface area contributed by atoms with Gasteiger partial charge in [-0.1, -0.05) is 24.3 Å². The highest BCUT2D eigenvalue weighted by Gasteiger charge is 2.24. The SMILES string of the molecule is N#C/C(=C/c1ccc(OC(F)F)cc1)C(=O)N1CCN(CCNC(=O)/C(C#N)=C/c2ccc(OC(F)F)cc2)CC1. The van der Waals surface area contributed by atoms with Crippen molar-refractivity contribution in [1.29, 1.82) is 10.5 Å². The average molecular weight is 572 g/mol. The van der Waals surface area contributed by atoms with Gasteiger partial charge in [0.1, 0.15) is 34.8 Å². The fourth-order valence-corrected chi connectivity index (χ4v) is 3.88. The summed E-state index contributed by atoms with van der Waals surface area (Å²) in [4.78, 5) is 28.8. The predicted molar refractivity (Wildman–Crippen MR) is 139 cm³/mol. The van der Waals surface area contributed by atoms with Crippen molar-refractivity contribution < 1.29 is 36.6 Å². The number of rotatable bonds is 11. The highest BCUT2D eigenvalue weighted by molar-refractivity contribution is 6.02. The van der Waals surface area contributed by atoms with Gasteiger partial charge in [0.05, 0.1) is 0 Å². The van der Waals surface area contributed by atoms with Crippen LogP contribution in [0, 0.1) is 22.7 Å². The minimum atomic E-state index is -2.96. The molecule has 214 valence electrons. The molecule has 1 aliphatic heterocycles. The molecule has 41 heavy (non-hydrogen) atoms. The number of hydrogen-bond acceptors (Lipinski definition) is 7. The van der Waals surface area contributed by atoms with Gasteiger partial charge in [-0.25, -0.2) is 0 Å². The molecular weight excluding hydrogens is 546 g/mol. The lowest BCUT2D eigenvalue weighted by molar-refractivity contribution is -0.128. The van der Waals surface area contributed by atoms with Crippen LogP contribution < -0.4 is 14.8 Å². The van der Waals surface area contributed by atoms with E-state index in [0.29, 0.717) is 43.9 Å². The Kier molecular flexibility index (Phi) is 11.3. The molecule has 1 fully saturated rings. The van der Waals surface area contributed by atoms with Gasteiger partial charge < -0.3 is 19.7 Å². The van der Waals surface area contributed by atoms with Crippen molar-refractivity contribution in [3.05, 3.63) is 70.8 Å². The van der Waals surface area contributed by atoms with E-state index in [0.717, 1.165) is 0 Å². The minimum absolute atomic E-state index is 0.0379. The first-order chi connectivity index (χ1) is 19.7. The standard InChI is InChI=1S/C28H25F4N5O4/c29-27(30)40-23-5-1-19(2-6-23)15-21(17-33)25(38)35-9-10-36-11-13-37(14-12-36)26(39)22(18-34)16-20-3-7-24(8-4-20)41-28(31)32/h1-8,15-16,27-28H,9-14H2,(H,35,38)/b21-15+,22-16-. The fourth-order valence-electron chi connectivity index (χ4n) is 3.88. The zero-order chi connectivity index (χ0) is 29.8. The quantitative estimate of drug-likeness (QED) is 0.248. The van der Waals surface area contributed by atoms with E-state index in [1.165, 1.54) is 65.6 Å². The lowest BCUT2D eigenvalue weighted by atomic mass is 10.1. The second-order valence-corrected chi connectivity index (χ2v) is 8.62. The maximum absolute atomic E-state index is 12.8. The van der Waals surface area contributed by atoms with Crippen molar-refractivity contribution >= 4 is 24.0 Å². The number of alkyl halides is 4. The van der Waals surface area contributed by atoms with E-state index in [1.54, 1.807) is 0 Å². The van der Waals surface area contributed by atoms with Gasteiger partial charge in [-0.15, -0.1) is 0 Å². The third-order valence-corrected chi connectivity index (χ3v) is 5.92. The summed E-state index contributed by atoms with van der Waals surface area (Å²) in [6.45, 7) is -3.53. The molecule has 0 unspecified atom stereocenters. The summed E-state index contributed by atoms with van der Waals surface area (Å²) in [6, 6.07) is 14.7. The number of ether oxygens (including phenoxy) is 2. The van der Waals surface area contributed by atoms with Gasteiger partial charge in [0.15, 0.2) is 0 Å². The Labute approximate surface area is 233 Å². The van der Waals surface area contributed by atoms with Crippen LogP contribution in [0.25, 0.3) is 12.2 Å². The van der Waals surface area contributed by atoms with Crippen LogP contribution >= 0.6 is 0 Å². The zero-order valence-corrected chi connectivity index (χ0v) is 21.6. The van der Waals surface area contributed by atoms with Gasteiger partial charge >= 0.3 is 13.2 Å². The largest absolute Gasteiger partial charge is 0.435 e. The molecule has 13 heteroatoms. The monoisotopic (exact) mass is 571 g/mol. The van der Waals surface area contributed by atoms with E-state index in [4.69, 9.17) is 0 Å². The van der Waals surface area contributed by atoms with Crippen LogP contribution in [0.5, 0.6) is 11.5 Å². The first-order valence-corrected chi connectivity index (χ1v) is 12.3. The second kappa shape index (κ2) is 15.1. The molecule has 0 spiro atoms. The lowest BCUT2D eigenvalue weighted by Crippen LogP contribution is -2.50. The summed E-state index contributed by atoms with van der Waals surface area (Å²) >= 11 is 0. The summed E-state index contributed by atoms with van der Waals surface area (Å²) in [6.07, 6.45) is 2.71. The van der Waals surface area contributed by atoms with Crippen LogP contribution in [0.15, 0.2) is 59.7 Å². The smallest absolute Gasteiger partial charge is 0.387 e. The number of nitrogens with one attached hydrogen (secondary N) is 1. The normalized spacial score (nSPS) is 14.4. The highest BCUT2D eigenvalue weighted by atomic mass is 19.3. The van der Waals surface area contributed by atoms with Crippen LogP contribution in [-0.2, 0) is 9.59 Å². The molecule has 0 aromatic heterocycles. The van der Waals surface area contributed by atoms with Gasteiger partial charge in [-0.2, -0.15) is 28.1 Å². The van der Waals surface area contributed by atoms with Crippen LogP contribution in [-0.4, -0.2) is 74.1 Å². The highest BCUT2D eigenvalue weighted by Crippen LogP contribution is 2.18. The number of nitrogens with zero attached hydrogens (tertiary/aromatic N) is 4. The molecule has 9 nitrogen and oxygen atoms in total. The van der Waals surface area contributed by atoms with Crippen LogP contribution in [0.1, 0.15) is 11.1 Å². The predicted octanol–water partition coefficient (Wildman–Crippen LogP) is 3.66. The molecule has 1 saturated heterocycles. The third-order valence-electron chi connectivity index (χ3n) is 5.92. The average Bonchev–Trinajstić information content (AvgIpc) is 2.95. The number of halogens is 4. The summed E-state index contributed by atoms with van der Waals surface area (Å²) in [5, 5.41) is 21.5. The van der Waals surface area contributed by atoms with Crippen molar-refractivity contribution in [1.82, 2.24) is 15.1 Å². The first-order valence-electron chi connectivity index (χ1n) is 12.3. The molecule has 1 heterocycles. The summed E-state index contributed by atoms with van der Waals surface area (Å²) in [7, 11) is 0. The topological polar surface area (TPSA) is 119 Å². The van der Waals surface area contributed by atoms with E-state index >= 15 is 0 Å². The number of carbonyl (C=O) groups is 2. The molecule has 0 aliphatic carbocycles. The molecule has 0 atom stereocenters. The van der Waals surface area contributed by atoms with E-state index in [2.05, 4.69) is 14.8 Å². The molecule has 3 rings (SSSR count). The van der Waals surface area contributed by atoms with Crippen LogP contribution in [0.3, 0.4) is 0 Å². The molecular formula is C28H25F4N5O4. The molecule has 0 saturated carbocycles. The van der Waals surface area contributed by atoms with E-state index in [9.17, 15) is 37.7 Å². The lowest BCUT2D eigenvalue weighted by Gasteiger charge is -2.34. The number of nitriles is 2. The molecule has 0 bridgehead atoms. The number of hydrogen-bond donors (Lipinski definition) is 1. The van der Waals surface area contributed by atoms with Crippen molar-refractivity contribution in [3.63, 3.8) is 0 Å². The number of amides is 2. The van der Waals surface area contributed by atoms with Gasteiger partial charge in [-0.05, 0) is 47.5 Å². The Bertz CT molecular complexity index is 1340. The number of carbonyl (C=O) groups excluding carboxylic acids is 2. The van der Waals surface area contributed by atoms with Crippen LogP contribution in [0.4, 0.5) is 17.6 Å². The maximum Gasteiger partial charge on any atom is 0.387 e. The van der Waals surface area contributed by atoms with Gasteiger partial charge in [0.2, 0.25) is 0 Å². The van der Waals surface area contributed by atoms with E-state index in [-0.39, 0.29) is 29.2 Å². The van der Waals surface area contributed by atoms with Crippen molar-refractivity contribution in [2.24, 2.45) is 0 Å². The first kappa shape index (κ1) is 30.7. The van der Waals surface area contributed by atoms with Crippen molar-refractivity contribution in [2.75, 3.05) is 39.3 Å². The van der Waals surface area contributed by atoms with Crippen LogP contribution in [0.2, 0.25) is 0 Å². The maximum atomic E-state index is 12.8. The Morgan fingerprint density at radius 1 is 0.805 bits per heavy atom. The van der Waals surface area contributed by atoms with Gasteiger partial charge in [-0.3, -0.25) is 14.5 Å². The Morgan fingerprint density at radius 2 is 1.27 bits per heavy atom. The minimum Gasteiger partial charge on any atom is -0.435 e. The zero-order valence-electron chi connectivity index (χ0n) is 21.6. The summed E-state index contributed by atoms with van der Waals surface area (Å²) < 4.78 is 57.7. The second-order valence-electron chi connectivity index (χ2n) is 8.62. The Balaban J connectivity index is 1.46. The van der Waals surface area contributed by atoms with Gasteiger partial charge in [0.25, 0.3) is 11.8 Å². The molecule has 1 N–H and O–H groups in total. The Hall–Kier alpha value is -4.88.